The number of pyridine rings is 1. The molecule has 0 aliphatic carbocycles. The average Bonchev–Trinajstić information content (AvgIpc) is 2.68. The Labute approximate surface area is 164 Å². The largest absolute Gasteiger partial charge is 0.503 e. The minimum Gasteiger partial charge on any atom is -0.503 e. The molecule has 0 radical (unpaired) electrons. The zero-order valence-electron chi connectivity index (χ0n) is 15.7. The Kier molecular flexibility index (Phi) is 5.36. The van der Waals surface area contributed by atoms with Gasteiger partial charge in [0.2, 0.25) is 5.43 Å². The summed E-state index contributed by atoms with van der Waals surface area (Å²) in [6.45, 7) is 3.35. The van der Waals surface area contributed by atoms with E-state index in [9.17, 15) is 29.0 Å². The molecule has 8 heteroatoms. The van der Waals surface area contributed by atoms with Crippen molar-refractivity contribution in [1.82, 2.24) is 10.3 Å². The summed E-state index contributed by atoms with van der Waals surface area (Å²) < 4.78 is 13.2. The Bertz CT molecular complexity index is 1150. The molecule has 1 atom stereocenters. The van der Waals surface area contributed by atoms with Gasteiger partial charge in [-0.05, 0) is 48.4 Å². The fourth-order valence-corrected chi connectivity index (χ4v) is 2.99. The number of hydrogen-bond acceptors (Lipinski definition) is 4. The van der Waals surface area contributed by atoms with Crippen LogP contribution in [-0.4, -0.2) is 33.1 Å². The summed E-state index contributed by atoms with van der Waals surface area (Å²) in [5.74, 6) is -3.06. The number of hydrogen-bond donors (Lipinski definition) is 4. The summed E-state index contributed by atoms with van der Waals surface area (Å²) in [4.78, 5) is 39.2. The molecule has 0 aliphatic heterocycles. The van der Waals surface area contributed by atoms with Crippen molar-refractivity contribution < 1.29 is 24.2 Å². The molecule has 3 aromatic rings. The fourth-order valence-electron chi connectivity index (χ4n) is 2.99. The molecule has 3 rings (SSSR count). The van der Waals surface area contributed by atoms with Gasteiger partial charge in [0.25, 0.3) is 5.91 Å². The molecule has 1 aromatic heterocycles. The number of aromatic amines is 1. The number of rotatable bonds is 5. The molecule has 1 amide bonds. The number of fused-ring (bicyclic) bond motifs is 1. The van der Waals surface area contributed by atoms with Gasteiger partial charge in [0.1, 0.15) is 11.9 Å². The highest BCUT2D eigenvalue weighted by Gasteiger charge is 2.24. The van der Waals surface area contributed by atoms with Gasteiger partial charge in [-0.15, -0.1) is 0 Å². The lowest BCUT2D eigenvalue weighted by atomic mass is 10.0. The Morgan fingerprint density at radius 1 is 1.10 bits per heavy atom. The number of amides is 1. The second kappa shape index (κ2) is 7.75. The molecule has 1 heterocycles. The standard InChI is InChI=1S/C21H19FN2O5/c1-10(2)16(21(28)29)24-20(27)12-5-8-14-15(9-12)23-17(19(26)18(14)25)11-3-6-13(22)7-4-11/h3-10,16,26H,1-2H3,(H,23,25)(H,24,27)(H,28,29). The first-order valence-electron chi connectivity index (χ1n) is 8.87. The number of aliphatic carboxylic acids is 1. The monoisotopic (exact) mass is 398 g/mol. The Hall–Kier alpha value is -3.68. The number of benzene rings is 2. The molecule has 7 nitrogen and oxygen atoms in total. The Balaban J connectivity index is 2.06. The van der Waals surface area contributed by atoms with E-state index < -0.39 is 34.9 Å². The van der Waals surface area contributed by atoms with Crippen LogP contribution in [0, 0.1) is 11.7 Å². The van der Waals surface area contributed by atoms with Crippen molar-refractivity contribution >= 4 is 22.8 Å². The Morgan fingerprint density at radius 2 is 1.76 bits per heavy atom. The maximum absolute atomic E-state index is 13.2. The third-order valence-electron chi connectivity index (χ3n) is 4.59. The van der Waals surface area contributed by atoms with E-state index >= 15 is 0 Å². The lowest BCUT2D eigenvalue weighted by Gasteiger charge is -2.18. The molecular formula is C21H19FN2O5. The number of carbonyl (C=O) groups is 2. The number of carboxylic acids is 1. The maximum atomic E-state index is 13.2. The third-order valence-corrected chi connectivity index (χ3v) is 4.59. The predicted octanol–water partition coefficient (Wildman–Crippen LogP) is 2.88. The van der Waals surface area contributed by atoms with Crippen LogP contribution < -0.4 is 10.7 Å². The zero-order chi connectivity index (χ0) is 21.3. The van der Waals surface area contributed by atoms with E-state index in [4.69, 9.17) is 0 Å². The first kappa shape index (κ1) is 20.1. The number of aromatic hydroxyl groups is 1. The van der Waals surface area contributed by atoms with Crippen molar-refractivity contribution in [2.24, 2.45) is 5.92 Å². The van der Waals surface area contributed by atoms with Crippen LogP contribution in [0.4, 0.5) is 4.39 Å². The van der Waals surface area contributed by atoms with Gasteiger partial charge in [-0.1, -0.05) is 13.8 Å². The number of halogens is 1. The van der Waals surface area contributed by atoms with E-state index in [0.29, 0.717) is 5.56 Å². The van der Waals surface area contributed by atoms with Gasteiger partial charge in [0, 0.05) is 16.5 Å². The topological polar surface area (TPSA) is 119 Å². The van der Waals surface area contributed by atoms with Gasteiger partial charge in [-0.3, -0.25) is 9.59 Å². The second-order valence-electron chi connectivity index (χ2n) is 6.98. The van der Waals surface area contributed by atoms with Crippen molar-refractivity contribution in [2.75, 3.05) is 0 Å². The molecule has 4 N–H and O–H groups in total. The lowest BCUT2D eigenvalue weighted by Crippen LogP contribution is -2.44. The molecule has 150 valence electrons. The van der Waals surface area contributed by atoms with E-state index in [-0.39, 0.29) is 28.1 Å². The van der Waals surface area contributed by atoms with Gasteiger partial charge in [0.15, 0.2) is 5.75 Å². The molecule has 0 spiro atoms. The van der Waals surface area contributed by atoms with Crippen LogP contribution in [0.15, 0.2) is 47.3 Å². The maximum Gasteiger partial charge on any atom is 0.326 e. The van der Waals surface area contributed by atoms with Gasteiger partial charge >= 0.3 is 5.97 Å². The molecule has 0 bridgehead atoms. The second-order valence-corrected chi connectivity index (χ2v) is 6.98. The normalized spacial score (nSPS) is 12.1. The summed E-state index contributed by atoms with van der Waals surface area (Å²) >= 11 is 0. The fraction of sp³-hybridized carbons (Fsp3) is 0.190. The number of nitrogens with one attached hydrogen (secondary N) is 2. The molecule has 0 fully saturated rings. The lowest BCUT2D eigenvalue weighted by molar-refractivity contribution is -0.140. The quantitative estimate of drug-likeness (QED) is 0.527. The highest BCUT2D eigenvalue weighted by Crippen LogP contribution is 2.27. The molecule has 0 saturated heterocycles. The summed E-state index contributed by atoms with van der Waals surface area (Å²) in [6.07, 6.45) is 0. The number of carbonyl (C=O) groups excluding carboxylic acids is 1. The molecule has 0 aliphatic rings. The van der Waals surface area contributed by atoms with Crippen LogP contribution in [-0.2, 0) is 4.79 Å². The van der Waals surface area contributed by atoms with Crippen LogP contribution in [0.2, 0.25) is 0 Å². The van der Waals surface area contributed by atoms with E-state index in [1.807, 2.05) is 0 Å². The average molecular weight is 398 g/mol. The summed E-state index contributed by atoms with van der Waals surface area (Å²) in [5.41, 5.74) is 0.261. The SMILES string of the molecule is CC(C)C(NC(=O)c1ccc2c(=O)c(O)c(-c3ccc(F)cc3)[nH]c2c1)C(=O)O. The molecule has 0 saturated carbocycles. The summed E-state index contributed by atoms with van der Waals surface area (Å²) in [6, 6.07) is 8.29. The predicted molar refractivity (Wildman–Crippen MR) is 105 cm³/mol. The van der Waals surface area contributed by atoms with Crippen LogP contribution in [0.25, 0.3) is 22.2 Å². The van der Waals surface area contributed by atoms with E-state index in [1.54, 1.807) is 13.8 Å². The van der Waals surface area contributed by atoms with Gasteiger partial charge in [-0.2, -0.15) is 0 Å². The number of aromatic nitrogens is 1. The van der Waals surface area contributed by atoms with E-state index in [0.717, 1.165) is 0 Å². The van der Waals surface area contributed by atoms with Crippen molar-refractivity contribution in [3.8, 4) is 17.0 Å². The first-order chi connectivity index (χ1) is 13.7. The zero-order valence-corrected chi connectivity index (χ0v) is 15.7. The summed E-state index contributed by atoms with van der Waals surface area (Å²) in [5, 5.41) is 22.1. The van der Waals surface area contributed by atoms with E-state index in [2.05, 4.69) is 10.3 Å². The van der Waals surface area contributed by atoms with E-state index in [1.165, 1.54) is 42.5 Å². The van der Waals surface area contributed by atoms with Crippen molar-refractivity contribution in [3.63, 3.8) is 0 Å². The molecular weight excluding hydrogens is 379 g/mol. The number of H-pyrrole nitrogens is 1. The highest BCUT2D eigenvalue weighted by atomic mass is 19.1. The Morgan fingerprint density at radius 3 is 2.34 bits per heavy atom. The molecule has 1 unspecified atom stereocenters. The highest BCUT2D eigenvalue weighted by molar-refractivity contribution is 6.00. The van der Waals surface area contributed by atoms with Gasteiger partial charge in [0.05, 0.1) is 11.2 Å². The van der Waals surface area contributed by atoms with Crippen molar-refractivity contribution in [2.45, 2.75) is 19.9 Å². The molecule has 2 aromatic carbocycles. The van der Waals surface area contributed by atoms with Crippen LogP contribution in [0.3, 0.4) is 0 Å². The van der Waals surface area contributed by atoms with Gasteiger partial charge < -0.3 is 20.5 Å². The minimum absolute atomic E-state index is 0.0886. The summed E-state index contributed by atoms with van der Waals surface area (Å²) in [7, 11) is 0. The molecule has 29 heavy (non-hydrogen) atoms. The minimum atomic E-state index is -1.15. The number of carboxylic acid groups (broad SMARTS) is 1. The smallest absolute Gasteiger partial charge is 0.326 e. The van der Waals surface area contributed by atoms with Crippen LogP contribution >= 0.6 is 0 Å². The van der Waals surface area contributed by atoms with Crippen molar-refractivity contribution in [1.29, 1.82) is 0 Å². The van der Waals surface area contributed by atoms with Crippen LogP contribution in [0.1, 0.15) is 24.2 Å². The van der Waals surface area contributed by atoms with Crippen molar-refractivity contribution in [3.05, 3.63) is 64.1 Å². The third kappa shape index (κ3) is 3.96. The van der Waals surface area contributed by atoms with Gasteiger partial charge in [-0.25, -0.2) is 9.18 Å². The van der Waals surface area contributed by atoms with Crippen LogP contribution in [0.5, 0.6) is 5.75 Å². The first-order valence-corrected chi connectivity index (χ1v) is 8.87.